The molecule has 2 N–H and O–H groups in total. The van der Waals surface area contributed by atoms with Crippen LogP contribution in [0.25, 0.3) is 90.9 Å². The number of hydrogen-bond acceptors (Lipinski definition) is 22. The number of aromatic nitrogens is 4. The topological polar surface area (TPSA) is 250 Å². The Labute approximate surface area is 717 Å². The third kappa shape index (κ3) is 19.6. The standard InChI is InChI=1S/C100H92N4O20/c1-106-70-26-59(27-71(44-70)107-2)53-119-82-38-67(39-83(50-82)120-54-60-28-72(108-3)45-73(29-60)109-4)97-90-20-18-88(101-90)96(65-14-16-66(17-15-65)100(105)118-13)89-19-21-91(102-89)98(68-40-84(121-55-61-30-74(110-5)46-75(31-61)111-6)51-85(41-68)122-56-62-32-76(112-7)47-77(33-62)113-8)93-23-25-95(104-93)99(94-24-22-92(97)103-94)69-42-86(123-57-63-34-78(114-9)48-79(35-63)115-10)52-87(43-69)124-58-64-36-80(116-11)49-81(37-64)117-12/h14-52,101,104H,53-58H2,1-13H3. The number of ether oxygens (including phenoxy) is 19. The van der Waals surface area contributed by atoms with E-state index in [1.165, 1.54) is 7.11 Å². The smallest absolute Gasteiger partial charge is 0.337 e. The molecule has 13 aromatic rings. The van der Waals surface area contributed by atoms with E-state index in [2.05, 4.69) is 9.97 Å². The van der Waals surface area contributed by atoms with Crippen molar-refractivity contribution in [2.45, 2.75) is 39.6 Å². The predicted octanol–water partition coefficient (Wildman–Crippen LogP) is 20.7. The van der Waals surface area contributed by atoms with Crippen molar-refractivity contribution in [3.05, 3.63) is 274 Å². The molecule has 5 heterocycles. The van der Waals surface area contributed by atoms with Crippen molar-refractivity contribution < 1.29 is 94.8 Å². The maximum absolute atomic E-state index is 13.3. The number of rotatable bonds is 35. The van der Waals surface area contributed by atoms with Crippen LogP contribution in [-0.2, 0) is 44.4 Å². The summed E-state index contributed by atoms with van der Waals surface area (Å²) in [5.74, 6) is 9.31. The van der Waals surface area contributed by atoms with Crippen LogP contribution >= 0.6 is 0 Å². The first-order valence-corrected chi connectivity index (χ1v) is 39.4. The van der Waals surface area contributed by atoms with Crippen LogP contribution in [0.4, 0.5) is 0 Å². The molecule has 2 aliphatic rings. The highest BCUT2D eigenvalue weighted by Gasteiger charge is 2.24. The van der Waals surface area contributed by atoms with Crippen LogP contribution in [0, 0.1) is 0 Å². The molecule has 3 aromatic heterocycles. The molecule has 0 amide bonds. The third-order valence-corrected chi connectivity index (χ3v) is 20.8. The van der Waals surface area contributed by atoms with Gasteiger partial charge in [0.05, 0.1) is 121 Å². The van der Waals surface area contributed by atoms with Crippen molar-refractivity contribution in [3.63, 3.8) is 0 Å². The lowest BCUT2D eigenvalue weighted by Gasteiger charge is -2.15. The summed E-state index contributed by atoms with van der Waals surface area (Å²) in [5, 5.41) is 0. The van der Waals surface area contributed by atoms with Gasteiger partial charge in [-0.15, -0.1) is 0 Å². The van der Waals surface area contributed by atoms with Gasteiger partial charge in [-0.1, -0.05) is 12.1 Å². The van der Waals surface area contributed by atoms with Gasteiger partial charge in [0.15, 0.2) is 0 Å². The van der Waals surface area contributed by atoms with E-state index >= 15 is 0 Å². The molecule has 24 nitrogen and oxygen atoms in total. The van der Waals surface area contributed by atoms with Crippen LogP contribution in [-0.4, -0.2) is 118 Å². The second-order valence-corrected chi connectivity index (χ2v) is 28.7. The molecule has 0 aliphatic carbocycles. The summed E-state index contributed by atoms with van der Waals surface area (Å²) >= 11 is 0. The summed E-state index contributed by atoms with van der Waals surface area (Å²) in [6.07, 6.45) is 7.95. The fraction of sp³-hybridized carbons (Fsp3) is 0.190. The zero-order valence-corrected chi connectivity index (χ0v) is 70.8. The number of hydrogen-bond donors (Lipinski definition) is 2. The van der Waals surface area contributed by atoms with Gasteiger partial charge in [-0.25, -0.2) is 14.8 Å². The summed E-state index contributed by atoms with van der Waals surface area (Å²) in [6, 6.07) is 66.2. The van der Waals surface area contributed by atoms with E-state index in [1.54, 1.807) is 134 Å². The minimum Gasteiger partial charge on any atom is -0.497 e. The molecule has 124 heavy (non-hydrogen) atoms. The molecule has 0 unspecified atom stereocenters. The van der Waals surface area contributed by atoms with Crippen LogP contribution in [0.15, 0.2) is 212 Å². The molecular weight excluding hydrogens is 1580 g/mol. The third-order valence-electron chi connectivity index (χ3n) is 20.8. The minimum atomic E-state index is -0.496. The van der Waals surface area contributed by atoms with Gasteiger partial charge in [0, 0.05) is 98.9 Å². The van der Waals surface area contributed by atoms with E-state index in [0.717, 1.165) is 38.9 Å². The van der Waals surface area contributed by atoms with E-state index in [0.29, 0.717) is 193 Å². The Morgan fingerprint density at radius 3 is 0.597 bits per heavy atom. The fourth-order valence-corrected chi connectivity index (χ4v) is 14.7. The van der Waals surface area contributed by atoms with Crippen molar-refractivity contribution in [1.82, 2.24) is 19.9 Å². The van der Waals surface area contributed by atoms with E-state index in [9.17, 15) is 4.79 Å². The number of aromatic amines is 2. The normalized spacial score (nSPS) is 11.3. The van der Waals surface area contributed by atoms with Crippen molar-refractivity contribution >= 4 is 52.3 Å². The van der Waals surface area contributed by atoms with Crippen molar-refractivity contribution in [2.24, 2.45) is 0 Å². The van der Waals surface area contributed by atoms with Crippen LogP contribution in [0.2, 0.25) is 0 Å². The molecule has 10 aromatic carbocycles. The van der Waals surface area contributed by atoms with E-state index in [1.807, 2.05) is 188 Å². The van der Waals surface area contributed by atoms with Crippen molar-refractivity contribution in [1.29, 1.82) is 0 Å². The average Bonchev–Trinajstić information content (AvgIpc) is 1.60. The second-order valence-electron chi connectivity index (χ2n) is 28.7. The van der Waals surface area contributed by atoms with Gasteiger partial charge in [0.1, 0.15) is 143 Å². The summed E-state index contributed by atoms with van der Waals surface area (Å²) in [7, 11) is 20.6. The van der Waals surface area contributed by atoms with Crippen LogP contribution in [0.1, 0.15) is 66.5 Å². The van der Waals surface area contributed by atoms with Gasteiger partial charge in [0.2, 0.25) is 0 Å². The summed E-state index contributed by atoms with van der Waals surface area (Å²) < 4.78 is 115. The zero-order chi connectivity index (χ0) is 86.3. The highest BCUT2D eigenvalue weighted by atomic mass is 16.5. The summed E-state index contributed by atoms with van der Waals surface area (Å²) in [5.41, 5.74) is 15.0. The Hall–Kier alpha value is -15.3. The van der Waals surface area contributed by atoms with Gasteiger partial charge < -0.3 is 100.0 Å². The number of fused-ring (bicyclic) bond motifs is 8. The predicted molar refractivity (Wildman–Crippen MR) is 475 cm³/mol. The largest absolute Gasteiger partial charge is 0.497 e. The molecular formula is C100H92N4O20. The molecule has 0 saturated heterocycles. The number of carbonyl (C=O) groups is 1. The number of H-pyrrole nitrogens is 2. The quantitative estimate of drug-likeness (QED) is 0.0350. The lowest BCUT2D eigenvalue weighted by Crippen LogP contribution is -2.01. The summed E-state index contributed by atoms with van der Waals surface area (Å²) in [4.78, 5) is 32.6. The first kappa shape index (κ1) is 83.7. The van der Waals surface area contributed by atoms with E-state index < -0.39 is 5.97 Å². The Bertz CT molecular complexity index is 5820. The number of esters is 1. The second kappa shape index (κ2) is 38.4. The number of nitrogens with zero attached hydrogens (tertiary/aromatic N) is 2. The molecule has 632 valence electrons. The van der Waals surface area contributed by atoms with Crippen LogP contribution in [0.5, 0.6) is 103 Å². The molecule has 2 aliphatic heterocycles. The minimum absolute atomic E-state index is 0.0948. The molecule has 15 rings (SSSR count). The number of carbonyl (C=O) groups excluding carboxylic acids is 1. The lowest BCUT2D eigenvalue weighted by molar-refractivity contribution is 0.0600. The van der Waals surface area contributed by atoms with Gasteiger partial charge in [-0.2, -0.15) is 0 Å². The van der Waals surface area contributed by atoms with Crippen LogP contribution in [0.3, 0.4) is 0 Å². The van der Waals surface area contributed by atoms with Gasteiger partial charge in [0.25, 0.3) is 0 Å². The lowest BCUT2D eigenvalue weighted by atomic mass is 10.0. The molecule has 24 heteroatoms. The van der Waals surface area contributed by atoms with Gasteiger partial charge in [-0.3, -0.25) is 0 Å². The average molecular weight is 1670 g/mol. The van der Waals surface area contributed by atoms with E-state index in [4.69, 9.17) is 100.0 Å². The van der Waals surface area contributed by atoms with Crippen molar-refractivity contribution in [3.8, 4) is 148 Å². The number of benzene rings is 10. The maximum Gasteiger partial charge on any atom is 0.337 e. The van der Waals surface area contributed by atoms with E-state index in [-0.39, 0.29) is 39.6 Å². The Morgan fingerprint density at radius 2 is 0.411 bits per heavy atom. The van der Waals surface area contributed by atoms with Crippen molar-refractivity contribution in [2.75, 3.05) is 92.4 Å². The Kier molecular flexibility index (Phi) is 25.9. The fourth-order valence-electron chi connectivity index (χ4n) is 14.7. The number of nitrogens with one attached hydrogen (secondary N) is 2. The molecule has 8 bridgehead atoms. The Morgan fingerprint density at radius 1 is 0.226 bits per heavy atom. The first-order valence-electron chi connectivity index (χ1n) is 39.4. The molecule has 0 atom stereocenters. The maximum atomic E-state index is 13.3. The zero-order valence-electron chi connectivity index (χ0n) is 70.8. The number of methoxy groups -OCH3 is 13. The highest BCUT2D eigenvalue weighted by Crippen LogP contribution is 2.45. The molecule has 0 radical (unpaired) electrons. The molecule has 0 spiro atoms. The molecule has 0 saturated carbocycles. The summed E-state index contributed by atoms with van der Waals surface area (Å²) in [6.45, 7) is 0.603. The SMILES string of the molecule is COC(=O)c1ccc(-c2c3nc(c(-c4cc(OCc5cc(OC)cc(OC)c5)cc(OCc5cc(OC)cc(OC)c5)c4)c4ccc([nH]4)c(-c4cc(OCc5cc(OC)cc(OC)c5)cc(OCc5cc(OC)cc(OC)c5)c4)c4nc(c(-c5cc(OCc6cc(OC)cc(OC)c6)cc(OCc6cc(OC)cc(OC)c6)c5)c5ccc2[nH]5)C=C4)C=C3)cc1. The van der Waals surface area contributed by atoms with Gasteiger partial charge in [-0.05, 0) is 226 Å². The Balaban J connectivity index is 1.01. The molecule has 0 fully saturated rings. The van der Waals surface area contributed by atoms with Crippen LogP contribution < -0.4 is 85.3 Å². The monoisotopic (exact) mass is 1670 g/mol. The van der Waals surface area contributed by atoms with Gasteiger partial charge >= 0.3 is 5.97 Å². The first-order chi connectivity index (χ1) is 60.5. The highest BCUT2D eigenvalue weighted by molar-refractivity contribution is 6.01.